The van der Waals surface area contributed by atoms with Crippen LogP contribution in [0.5, 0.6) is 0 Å². The molecule has 2 heterocycles. The maximum atomic E-state index is 11.9. The standard InChI is InChI=1S/C15H14Cl2N2O4/c1-7-4-10(9(3)23-7)15(21)22-6-13(20)19-14-12(17)5-11(16)8(2)18-14/h4-5H,6H2,1-3H3,(H,18,19,20). The SMILES string of the molecule is Cc1cc(C(=O)OCC(=O)Nc2nc(C)c(Cl)cc2Cl)c(C)o1. The third-order valence-corrected chi connectivity index (χ3v) is 3.63. The maximum absolute atomic E-state index is 11.9. The largest absolute Gasteiger partial charge is 0.466 e. The minimum atomic E-state index is -0.638. The first kappa shape index (κ1) is 17.3. The Balaban J connectivity index is 1.97. The van der Waals surface area contributed by atoms with Gasteiger partial charge in [0.1, 0.15) is 17.1 Å². The number of carbonyl (C=O) groups is 2. The van der Waals surface area contributed by atoms with E-state index in [0.717, 1.165) is 0 Å². The molecule has 0 radical (unpaired) electrons. The molecule has 0 spiro atoms. The molecular weight excluding hydrogens is 343 g/mol. The van der Waals surface area contributed by atoms with Gasteiger partial charge in [-0.15, -0.1) is 0 Å². The van der Waals surface area contributed by atoms with Crippen molar-refractivity contribution in [3.8, 4) is 0 Å². The van der Waals surface area contributed by atoms with Gasteiger partial charge in [0.25, 0.3) is 5.91 Å². The number of anilines is 1. The van der Waals surface area contributed by atoms with Gasteiger partial charge >= 0.3 is 5.97 Å². The number of esters is 1. The molecule has 0 aliphatic carbocycles. The highest BCUT2D eigenvalue weighted by Gasteiger charge is 2.17. The summed E-state index contributed by atoms with van der Waals surface area (Å²) in [7, 11) is 0. The summed E-state index contributed by atoms with van der Waals surface area (Å²) in [5.74, 6) is -0.0180. The number of rotatable bonds is 4. The van der Waals surface area contributed by atoms with Crippen LogP contribution in [0.25, 0.3) is 0 Å². The molecule has 2 aromatic rings. The quantitative estimate of drug-likeness (QED) is 0.844. The van der Waals surface area contributed by atoms with E-state index in [9.17, 15) is 9.59 Å². The number of carbonyl (C=O) groups excluding carboxylic acids is 2. The van der Waals surface area contributed by atoms with Crippen LogP contribution in [0.2, 0.25) is 10.0 Å². The van der Waals surface area contributed by atoms with Gasteiger partial charge in [-0.05, 0) is 32.9 Å². The van der Waals surface area contributed by atoms with Crippen LogP contribution in [0.1, 0.15) is 27.6 Å². The minimum absolute atomic E-state index is 0.157. The van der Waals surface area contributed by atoms with E-state index in [4.69, 9.17) is 32.4 Å². The number of aryl methyl sites for hydroxylation is 3. The number of hydrogen-bond acceptors (Lipinski definition) is 5. The number of nitrogens with zero attached hydrogens (tertiary/aromatic N) is 1. The van der Waals surface area contributed by atoms with Crippen LogP contribution in [-0.2, 0) is 9.53 Å². The summed E-state index contributed by atoms with van der Waals surface area (Å²) in [6, 6.07) is 3.03. The van der Waals surface area contributed by atoms with Gasteiger partial charge in [0.2, 0.25) is 0 Å². The first-order chi connectivity index (χ1) is 10.8. The Morgan fingerprint density at radius 3 is 2.52 bits per heavy atom. The van der Waals surface area contributed by atoms with Crippen LogP contribution in [0, 0.1) is 20.8 Å². The van der Waals surface area contributed by atoms with Crippen molar-refractivity contribution >= 4 is 40.9 Å². The van der Waals surface area contributed by atoms with Crippen molar-refractivity contribution in [1.29, 1.82) is 0 Å². The van der Waals surface area contributed by atoms with E-state index in [2.05, 4.69) is 10.3 Å². The number of aromatic nitrogens is 1. The lowest BCUT2D eigenvalue weighted by atomic mass is 10.2. The lowest BCUT2D eigenvalue weighted by Crippen LogP contribution is -2.22. The maximum Gasteiger partial charge on any atom is 0.342 e. The highest BCUT2D eigenvalue weighted by atomic mass is 35.5. The summed E-state index contributed by atoms with van der Waals surface area (Å²) in [5, 5.41) is 3.05. The van der Waals surface area contributed by atoms with Crippen molar-refractivity contribution in [2.45, 2.75) is 20.8 Å². The summed E-state index contributed by atoms with van der Waals surface area (Å²) in [5.41, 5.74) is 0.807. The molecule has 1 amide bonds. The molecule has 0 bridgehead atoms. The molecule has 2 aromatic heterocycles. The summed E-state index contributed by atoms with van der Waals surface area (Å²) < 4.78 is 10.2. The van der Waals surface area contributed by atoms with E-state index >= 15 is 0 Å². The van der Waals surface area contributed by atoms with Gasteiger partial charge in [-0.1, -0.05) is 23.2 Å². The summed E-state index contributed by atoms with van der Waals surface area (Å²) in [6.07, 6.45) is 0. The molecule has 0 aliphatic heterocycles. The minimum Gasteiger partial charge on any atom is -0.466 e. The van der Waals surface area contributed by atoms with Crippen LogP contribution in [0.4, 0.5) is 5.82 Å². The van der Waals surface area contributed by atoms with E-state index in [-0.39, 0.29) is 16.4 Å². The van der Waals surface area contributed by atoms with Crippen molar-refractivity contribution < 1.29 is 18.7 Å². The molecule has 0 saturated carbocycles. The molecule has 122 valence electrons. The summed E-state index contributed by atoms with van der Waals surface area (Å²) >= 11 is 11.8. The molecule has 0 aliphatic rings. The number of pyridine rings is 1. The summed E-state index contributed by atoms with van der Waals surface area (Å²) in [4.78, 5) is 27.8. The van der Waals surface area contributed by atoms with Gasteiger partial charge in [0.05, 0.1) is 15.7 Å². The zero-order valence-electron chi connectivity index (χ0n) is 12.7. The second-order valence-corrected chi connectivity index (χ2v) is 5.65. The highest BCUT2D eigenvalue weighted by Crippen LogP contribution is 2.25. The van der Waals surface area contributed by atoms with Gasteiger partial charge in [0.15, 0.2) is 12.4 Å². The average molecular weight is 357 g/mol. The van der Waals surface area contributed by atoms with E-state index in [1.807, 2.05) is 0 Å². The Morgan fingerprint density at radius 1 is 1.22 bits per heavy atom. The Morgan fingerprint density at radius 2 is 1.91 bits per heavy atom. The van der Waals surface area contributed by atoms with Crippen LogP contribution < -0.4 is 5.32 Å². The predicted molar refractivity (Wildman–Crippen MR) is 86.1 cm³/mol. The van der Waals surface area contributed by atoms with Crippen LogP contribution in [0.3, 0.4) is 0 Å². The van der Waals surface area contributed by atoms with Gasteiger partial charge in [-0.25, -0.2) is 9.78 Å². The van der Waals surface area contributed by atoms with Crippen molar-refractivity contribution in [3.63, 3.8) is 0 Å². The fourth-order valence-electron chi connectivity index (χ4n) is 1.86. The number of hydrogen-bond donors (Lipinski definition) is 1. The molecular formula is C15H14Cl2N2O4. The average Bonchev–Trinajstić information content (AvgIpc) is 2.81. The van der Waals surface area contributed by atoms with Crippen molar-refractivity contribution in [3.05, 3.63) is 45.0 Å². The first-order valence-electron chi connectivity index (χ1n) is 6.64. The molecule has 8 heteroatoms. The number of ether oxygens (including phenoxy) is 1. The zero-order valence-corrected chi connectivity index (χ0v) is 14.2. The molecule has 6 nitrogen and oxygen atoms in total. The molecule has 23 heavy (non-hydrogen) atoms. The highest BCUT2D eigenvalue weighted by molar-refractivity contribution is 6.36. The topological polar surface area (TPSA) is 81.4 Å². The Labute approximate surface area is 142 Å². The van der Waals surface area contributed by atoms with Gasteiger partial charge in [-0.2, -0.15) is 0 Å². The van der Waals surface area contributed by atoms with Crippen LogP contribution in [-0.4, -0.2) is 23.5 Å². The van der Waals surface area contributed by atoms with E-state index in [0.29, 0.717) is 22.2 Å². The normalized spacial score (nSPS) is 10.5. The fourth-order valence-corrected chi connectivity index (χ4v) is 2.26. The first-order valence-corrected chi connectivity index (χ1v) is 7.40. The third-order valence-electron chi connectivity index (χ3n) is 2.96. The molecule has 0 unspecified atom stereocenters. The second-order valence-electron chi connectivity index (χ2n) is 4.84. The monoisotopic (exact) mass is 356 g/mol. The number of furan rings is 1. The Bertz CT molecular complexity index is 771. The lowest BCUT2D eigenvalue weighted by molar-refractivity contribution is -0.119. The zero-order chi connectivity index (χ0) is 17.1. The van der Waals surface area contributed by atoms with Crippen molar-refractivity contribution in [2.24, 2.45) is 0 Å². The molecule has 0 fully saturated rings. The van der Waals surface area contributed by atoms with Gasteiger partial charge in [-0.3, -0.25) is 4.79 Å². The number of halogens is 2. The van der Waals surface area contributed by atoms with E-state index in [1.165, 1.54) is 6.07 Å². The summed E-state index contributed by atoms with van der Waals surface area (Å²) in [6.45, 7) is 4.57. The molecule has 0 aromatic carbocycles. The molecule has 0 atom stereocenters. The van der Waals surface area contributed by atoms with Crippen molar-refractivity contribution in [1.82, 2.24) is 4.98 Å². The smallest absolute Gasteiger partial charge is 0.342 e. The van der Waals surface area contributed by atoms with E-state index < -0.39 is 18.5 Å². The molecule has 0 saturated heterocycles. The van der Waals surface area contributed by atoms with Crippen LogP contribution in [0.15, 0.2) is 16.5 Å². The molecule has 1 N–H and O–H groups in total. The number of amides is 1. The van der Waals surface area contributed by atoms with Crippen molar-refractivity contribution in [2.75, 3.05) is 11.9 Å². The Kier molecular flexibility index (Phi) is 5.28. The lowest BCUT2D eigenvalue weighted by Gasteiger charge is -2.08. The second kappa shape index (κ2) is 7.02. The predicted octanol–water partition coefficient (Wildman–Crippen LogP) is 3.70. The fraction of sp³-hybridized carbons (Fsp3) is 0.267. The van der Waals surface area contributed by atoms with E-state index in [1.54, 1.807) is 26.8 Å². The number of nitrogens with one attached hydrogen (secondary N) is 1. The molecule has 2 rings (SSSR count). The third kappa shape index (κ3) is 4.24. The van der Waals surface area contributed by atoms with Crippen LogP contribution >= 0.6 is 23.2 Å². The Hall–Kier alpha value is -2.05. The van der Waals surface area contributed by atoms with Gasteiger partial charge in [0, 0.05) is 0 Å². The van der Waals surface area contributed by atoms with Gasteiger partial charge < -0.3 is 14.5 Å².